The van der Waals surface area contributed by atoms with Gasteiger partial charge in [-0.25, -0.2) is 9.14 Å². The van der Waals surface area contributed by atoms with Crippen LogP contribution < -0.4 is 4.74 Å². The molecule has 1 fully saturated rings. The van der Waals surface area contributed by atoms with Crippen LogP contribution >= 0.6 is 0 Å². The zero-order valence-corrected chi connectivity index (χ0v) is 18.4. The van der Waals surface area contributed by atoms with Crippen LogP contribution in [0, 0.1) is 12.8 Å². The number of fused-ring (bicyclic) bond motifs is 1. The molecule has 1 unspecified atom stereocenters. The van der Waals surface area contributed by atoms with Gasteiger partial charge in [-0.1, -0.05) is 28.5 Å². The summed E-state index contributed by atoms with van der Waals surface area (Å²) < 4.78 is 18.4. The third-order valence-corrected chi connectivity index (χ3v) is 5.89. The lowest BCUT2D eigenvalue weighted by molar-refractivity contribution is 0.0732. The summed E-state index contributed by atoms with van der Waals surface area (Å²) in [7, 11) is 0. The zero-order chi connectivity index (χ0) is 22.6. The molecule has 5 rings (SSSR count). The molecule has 1 aliphatic rings. The first kappa shape index (κ1) is 21.1. The summed E-state index contributed by atoms with van der Waals surface area (Å²) in [4.78, 5) is 15.4. The smallest absolute Gasteiger partial charge is 0.257 e. The number of pyridine rings is 1. The minimum Gasteiger partial charge on any atom is -0.486 e. The molecule has 0 radical (unpaired) electrons. The number of nitrogens with zero attached hydrogens (tertiary/aromatic N) is 5. The number of aromatic nitrogens is 4. The topological polar surface area (TPSA) is 95.0 Å². The van der Waals surface area contributed by atoms with Crippen LogP contribution in [0.25, 0.3) is 5.52 Å². The van der Waals surface area contributed by atoms with E-state index in [-0.39, 0.29) is 18.4 Å². The van der Waals surface area contributed by atoms with Gasteiger partial charge in [-0.15, -0.1) is 0 Å². The molecular weight excluding hydrogens is 422 g/mol. The fourth-order valence-corrected chi connectivity index (χ4v) is 4.15. The Labute approximate surface area is 190 Å². The molecule has 0 aliphatic carbocycles. The predicted octanol–water partition coefficient (Wildman–Crippen LogP) is 2.94. The minimum absolute atomic E-state index is 0.0707. The number of amides is 1. The van der Waals surface area contributed by atoms with E-state index in [9.17, 15) is 4.79 Å². The van der Waals surface area contributed by atoms with Gasteiger partial charge in [0.05, 0.1) is 24.3 Å². The second-order valence-corrected chi connectivity index (χ2v) is 8.17. The number of hydrogen-bond donors (Lipinski definition) is 0. The first-order valence-corrected chi connectivity index (χ1v) is 11.0. The molecule has 4 aromatic rings. The Hall–Kier alpha value is -3.72. The monoisotopic (exact) mass is 447 g/mol. The fraction of sp³-hybridized carbons (Fsp3) is 0.333. The average molecular weight is 447 g/mol. The first-order valence-electron chi connectivity index (χ1n) is 11.0. The number of carbonyl (C=O) groups is 1. The van der Waals surface area contributed by atoms with E-state index in [2.05, 4.69) is 21.5 Å². The third kappa shape index (κ3) is 4.58. The molecule has 0 bridgehead atoms. The summed E-state index contributed by atoms with van der Waals surface area (Å²) in [6.07, 6.45) is 4.54. The summed E-state index contributed by atoms with van der Waals surface area (Å²) in [5.74, 6) is 0.615. The van der Waals surface area contributed by atoms with Crippen molar-refractivity contribution in [3.8, 4) is 5.75 Å². The summed E-state index contributed by atoms with van der Waals surface area (Å²) in [6.45, 7) is 4.23. The lowest BCUT2D eigenvalue weighted by Gasteiger charge is -2.25. The zero-order valence-electron chi connectivity index (χ0n) is 18.4. The highest BCUT2D eigenvalue weighted by atomic mass is 16.6. The van der Waals surface area contributed by atoms with Crippen LogP contribution in [0.15, 0.2) is 59.5 Å². The summed E-state index contributed by atoms with van der Waals surface area (Å²) in [6, 6.07) is 13.4. The average Bonchev–Trinajstić information content (AvgIpc) is 3.42. The van der Waals surface area contributed by atoms with Crippen LogP contribution in [0.2, 0.25) is 0 Å². The highest BCUT2D eigenvalue weighted by Gasteiger charge is 2.26. The predicted molar refractivity (Wildman–Crippen MR) is 119 cm³/mol. The molecule has 1 atom stereocenters. The first-order chi connectivity index (χ1) is 16.2. The molecule has 170 valence electrons. The van der Waals surface area contributed by atoms with Crippen LogP contribution in [0.5, 0.6) is 5.75 Å². The molecule has 0 spiro atoms. The Morgan fingerprint density at radius 3 is 2.97 bits per heavy atom. The van der Waals surface area contributed by atoms with Crippen LogP contribution in [0.1, 0.15) is 27.3 Å². The van der Waals surface area contributed by atoms with E-state index in [0.29, 0.717) is 49.0 Å². The number of hydrogen-bond acceptors (Lipinski definition) is 7. The highest BCUT2D eigenvalue weighted by Crippen LogP contribution is 2.24. The van der Waals surface area contributed by atoms with Gasteiger partial charge in [0.15, 0.2) is 0 Å². The summed E-state index contributed by atoms with van der Waals surface area (Å²) in [5.41, 5.74) is 4.06. The SMILES string of the molecule is Cc1nonc1COc1ccccc1C(=O)N1CCOCC(Cc2cccn3nccc23)C1. The van der Waals surface area contributed by atoms with Gasteiger partial charge in [0.25, 0.3) is 5.91 Å². The number of carbonyl (C=O) groups excluding carboxylic acids is 1. The van der Waals surface area contributed by atoms with Gasteiger partial charge >= 0.3 is 0 Å². The molecule has 0 N–H and O–H groups in total. The molecule has 1 amide bonds. The van der Waals surface area contributed by atoms with E-state index in [4.69, 9.17) is 14.1 Å². The maximum Gasteiger partial charge on any atom is 0.257 e. The van der Waals surface area contributed by atoms with E-state index >= 15 is 0 Å². The Bertz CT molecular complexity index is 1250. The van der Waals surface area contributed by atoms with Crippen LogP contribution in [0.4, 0.5) is 0 Å². The maximum atomic E-state index is 13.5. The van der Waals surface area contributed by atoms with Crippen molar-refractivity contribution in [2.24, 2.45) is 5.92 Å². The van der Waals surface area contributed by atoms with Crippen LogP contribution in [-0.4, -0.2) is 57.0 Å². The highest BCUT2D eigenvalue weighted by molar-refractivity contribution is 5.97. The van der Waals surface area contributed by atoms with E-state index in [1.807, 2.05) is 39.9 Å². The molecule has 1 saturated heterocycles. The van der Waals surface area contributed by atoms with Crippen molar-refractivity contribution < 1.29 is 18.9 Å². The standard InChI is InChI=1S/C24H25N5O4/c1-17-21(27-33-26-17)16-32-23-7-3-2-6-20(23)24(30)28-11-12-31-15-18(14-28)13-19-5-4-10-29-22(19)8-9-25-29/h2-10,18H,11-16H2,1H3. The van der Waals surface area contributed by atoms with Crippen molar-refractivity contribution in [2.75, 3.05) is 26.3 Å². The van der Waals surface area contributed by atoms with Crippen molar-refractivity contribution >= 4 is 11.4 Å². The molecule has 1 aromatic carbocycles. The number of aryl methyl sites for hydroxylation is 1. The van der Waals surface area contributed by atoms with Crippen LogP contribution in [0.3, 0.4) is 0 Å². The van der Waals surface area contributed by atoms with Gasteiger partial charge in [-0.3, -0.25) is 4.79 Å². The second-order valence-electron chi connectivity index (χ2n) is 8.17. The normalized spacial score (nSPS) is 16.6. The molecule has 4 heterocycles. The van der Waals surface area contributed by atoms with Crippen LogP contribution in [-0.2, 0) is 17.8 Å². The van der Waals surface area contributed by atoms with Gasteiger partial charge in [-0.2, -0.15) is 5.10 Å². The van der Waals surface area contributed by atoms with Crippen molar-refractivity contribution in [1.82, 2.24) is 24.8 Å². The molecule has 1 aliphatic heterocycles. The second kappa shape index (κ2) is 9.41. The molecule has 3 aromatic heterocycles. The maximum absolute atomic E-state index is 13.5. The van der Waals surface area contributed by atoms with E-state index in [1.165, 1.54) is 5.56 Å². The molecule has 33 heavy (non-hydrogen) atoms. The Morgan fingerprint density at radius 2 is 2.09 bits per heavy atom. The Kier molecular flexibility index (Phi) is 6.03. The van der Waals surface area contributed by atoms with Gasteiger partial charge in [-0.05, 0) is 43.2 Å². The minimum atomic E-state index is -0.0707. The number of ether oxygens (including phenoxy) is 2. The quantitative estimate of drug-likeness (QED) is 0.448. The van der Waals surface area contributed by atoms with Crippen molar-refractivity contribution in [3.63, 3.8) is 0 Å². The lowest BCUT2D eigenvalue weighted by atomic mass is 9.99. The molecule has 9 heteroatoms. The van der Waals surface area contributed by atoms with E-state index in [0.717, 1.165) is 11.9 Å². The molecule has 9 nitrogen and oxygen atoms in total. The largest absolute Gasteiger partial charge is 0.486 e. The molecular formula is C24H25N5O4. The molecule has 0 saturated carbocycles. The van der Waals surface area contributed by atoms with E-state index in [1.54, 1.807) is 25.3 Å². The summed E-state index contributed by atoms with van der Waals surface area (Å²) in [5, 5.41) is 11.9. The van der Waals surface area contributed by atoms with Gasteiger partial charge in [0.2, 0.25) is 0 Å². The Balaban J connectivity index is 1.32. The number of para-hydroxylation sites is 1. The van der Waals surface area contributed by atoms with Crippen molar-refractivity contribution in [1.29, 1.82) is 0 Å². The fourth-order valence-electron chi connectivity index (χ4n) is 4.15. The van der Waals surface area contributed by atoms with Crippen molar-refractivity contribution in [2.45, 2.75) is 20.0 Å². The number of benzene rings is 1. The van der Waals surface area contributed by atoms with Crippen molar-refractivity contribution in [3.05, 3.63) is 77.4 Å². The number of rotatable bonds is 6. The van der Waals surface area contributed by atoms with Gasteiger partial charge in [0, 0.05) is 31.4 Å². The van der Waals surface area contributed by atoms with E-state index < -0.39 is 0 Å². The lowest BCUT2D eigenvalue weighted by Crippen LogP contribution is -2.36. The summed E-state index contributed by atoms with van der Waals surface area (Å²) >= 11 is 0. The Morgan fingerprint density at radius 1 is 1.18 bits per heavy atom. The third-order valence-electron chi connectivity index (χ3n) is 5.89. The van der Waals surface area contributed by atoms with Gasteiger partial charge < -0.3 is 14.4 Å². The van der Waals surface area contributed by atoms with Gasteiger partial charge in [0.1, 0.15) is 23.7 Å².